The first-order valence-corrected chi connectivity index (χ1v) is 10.1. The molecule has 2 heterocycles. The molecule has 1 fully saturated rings. The molecule has 6 heteroatoms. The summed E-state index contributed by atoms with van der Waals surface area (Å²) in [5.41, 5.74) is 2.76. The van der Waals surface area contributed by atoms with Gasteiger partial charge in [0.25, 0.3) is 5.91 Å². The van der Waals surface area contributed by atoms with Gasteiger partial charge in [-0.05, 0) is 43.7 Å². The van der Waals surface area contributed by atoms with Gasteiger partial charge in [0.05, 0.1) is 16.6 Å². The van der Waals surface area contributed by atoms with E-state index in [1.807, 2.05) is 50.5 Å². The fourth-order valence-electron chi connectivity index (χ4n) is 3.89. The highest BCUT2D eigenvalue weighted by Crippen LogP contribution is 2.22. The highest BCUT2D eigenvalue weighted by molar-refractivity contribution is 5.97. The number of hydrogen-bond donors (Lipinski definition) is 2. The lowest BCUT2D eigenvalue weighted by atomic mass is 9.91. The number of piperidine rings is 1. The van der Waals surface area contributed by atoms with Crippen molar-refractivity contribution in [3.63, 3.8) is 0 Å². The Morgan fingerprint density at radius 2 is 1.86 bits per heavy atom. The van der Waals surface area contributed by atoms with Gasteiger partial charge >= 0.3 is 0 Å². The van der Waals surface area contributed by atoms with Crippen LogP contribution in [0.4, 0.5) is 0 Å². The molecule has 1 saturated heterocycles. The second-order valence-corrected chi connectivity index (χ2v) is 8.16. The zero-order valence-corrected chi connectivity index (χ0v) is 17.1. The molecule has 0 spiro atoms. The second-order valence-electron chi connectivity index (χ2n) is 8.16. The molecule has 0 aliphatic carbocycles. The Kier molecular flexibility index (Phi) is 5.39. The number of carbonyl (C=O) groups is 1. The number of nitrogens with zero attached hydrogens (tertiary/aromatic N) is 3. The van der Waals surface area contributed by atoms with Crippen LogP contribution in [0.1, 0.15) is 34.6 Å². The Morgan fingerprint density at radius 3 is 2.59 bits per heavy atom. The predicted molar refractivity (Wildman–Crippen MR) is 114 cm³/mol. The van der Waals surface area contributed by atoms with Crippen molar-refractivity contribution in [2.45, 2.75) is 24.9 Å². The highest BCUT2D eigenvalue weighted by Gasteiger charge is 2.31. The number of aryl methyl sites for hydroxylation is 1. The maximum Gasteiger partial charge on any atom is 0.251 e. The quantitative estimate of drug-likeness (QED) is 0.699. The summed E-state index contributed by atoms with van der Waals surface area (Å²) in [6.07, 6.45) is 2.09. The van der Waals surface area contributed by atoms with Gasteiger partial charge in [-0.25, -0.2) is 4.98 Å². The van der Waals surface area contributed by atoms with Crippen LogP contribution in [-0.2, 0) is 13.5 Å². The molecule has 0 bridgehead atoms. The molecule has 1 amide bonds. The van der Waals surface area contributed by atoms with Gasteiger partial charge in [0.15, 0.2) is 0 Å². The van der Waals surface area contributed by atoms with E-state index in [0.717, 1.165) is 36.4 Å². The van der Waals surface area contributed by atoms with Crippen LogP contribution in [0.2, 0.25) is 0 Å². The number of amides is 1. The van der Waals surface area contributed by atoms with E-state index in [2.05, 4.69) is 26.9 Å². The minimum atomic E-state index is -0.819. The molecule has 1 aliphatic rings. The maximum atomic E-state index is 12.7. The lowest BCUT2D eigenvalue weighted by Crippen LogP contribution is -2.50. The summed E-state index contributed by atoms with van der Waals surface area (Å²) in [5.74, 6) is 0.791. The van der Waals surface area contributed by atoms with E-state index in [1.54, 1.807) is 0 Å². The Morgan fingerprint density at radius 1 is 1.14 bits per heavy atom. The molecule has 2 N–H and O–H groups in total. The molecular formula is C23H28N4O2. The van der Waals surface area contributed by atoms with E-state index in [4.69, 9.17) is 4.98 Å². The molecule has 2 aromatic carbocycles. The van der Waals surface area contributed by atoms with E-state index in [9.17, 15) is 9.90 Å². The molecule has 152 valence electrons. The van der Waals surface area contributed by atoms with Gasteiger partial charge in [-0.2, -0.15) is 0 Å². The van der Waals surface area contributed by atoms with Gasteiger partial charge in [-0.3, -0.25) is 4.79 Å². The SMILES string of the molecule is CN1CCC(O)(CNC(=O)c2ccc3c(c2)nc(Cc2ccccc2)n3C)CC1. The minimum Gasteiger partial charge on any atom is -0.388 e. The topological polar surface area (TPSA) is 70.4 Å². The van der Waals surface area contributed by atoms with Crippen LogP contribution < -0.4 is 5.32 Å². The molecule has 1 aromatic heterocycles. The maximum absolute atomic E-state index is 12.7. The first kappa shape index (κ1) is 19.6. The van der Waals surface area contributed by atoms with Crippen molar-refractivity contribution < 1.29 is 9.90 Å². The summed E-state index contributed by atoms with van der Waals surface area (Å²) >= 11 is 0. The molecule has 0 atom stereocenters. The fraction of sp³-hybridized carbons (Fsp3) is 0.391. The molecular weight excluding hydrogens is 364 g/mol. The fourth-order valence-corrected chi connectivity index (χ4v) is 3.89. The summed E-state index contributed by atoms with van der Waals surface area (Å²) in [6, 6.07) is 15.8. The normalized spacial score (nSPS) is 16.8. The van der Waals surface area contributed by atoms with Crippen molar-refractivity contribution in [3.8, 4) is 0 Å². The average Bonchev–Trinajstić information content (AvgIpc) is 3.04. The van der Waals surface area contributed by atoms with Crippen LogP contribution in [-0.4, -0.2) is 57.7 Å². The Hall–Kier alpha value is -2.70. The lowest BCUT2D eigenvalue weighted by Gasteiger charge is -2.36. The predicted octanol–water partition coefficient (Wildman–Crippen LogP) is 2.35. The van der Waals surface area contributed by atoms with Crippen molar-refractivity contribution >= 4 is 16.9 Å². The van der Waals surface area contributed by atoms with Gasteiger partial charge < -0.3 is 19.9 Å². The third kappa shape index (κ3) is 4.33. The van der Waals surface area contributed by atoms with Crippen molar-refractivity contribution in [2.75, 3.05) is 26.7 Å². The zero-order valence-electron chi connectivity index (χ0n) is 17.1. The first-order chi connectivity index (χ1) is 13.9. The number of aliphatic hydroxyl groups is 1. The number of fused-ring (bicyclic) bond motifs is 1. The smallest absolute Gasteiger partial charge is 0.251 e. The van der Waals surface area contributed by atoms with E-state index < -0.39 is 5.60 Å². The Bertz CT molecular complexity index is 1000. The zero-order chi connectivity index (χ0) is 20.4. The van der Waals surface area contributed by atoms with Gasteiger partial charge in [0, 0.05) is 38.7 Å². The van der Waals surface area contributed by atoms with Crippen LogP contribution in [0.25, 0.3) is 11.0 Å². The number of carbonyl (C=O) groups excluding carboxylic acids is 1. The van der Waals surface area contributed by atoms with E-state index in [-0.39, 0.29) is 12.5 Å². The molecule has 1 aliphatic heterocycles. The molecule has 4 rings (SSSR count). The number of hydrogen-bond acceptors (Lipinski definition) is 4. The largest absolute Gasteiger partial charge is 0.388 e. The van der Waals surface area contributed by atoms with Crippen molar-refractivity contribution in [1.82, 2.24) is 19.8 Å². The van der Waals surface area contributed by atoms with Crippen LogP contribution in [0, 0.1) is 0 Å². The third-order valence-corrected chi connectivity index (χ3v) is 5.94. The van der Waals surface area contributed by atoms with E-state index in [0.29, 0.717) is 18.4 Å². The number of rotatable bonds is 5. The van der Waals surface area contributed by atoms with Crippen molar-refractivity contribution in [1.29, 1.82) is 0 Å². The molecule has 0 radical (unpaired) electrons. The van der Waals surface area contributed by atoms with Crippen LogP contribution in [0.3, 0.4) is 0 Å². The van der Waals surface area contributed by atoms with Gasteiger partial charge in [0.2, 0.25) is 0 Å². The van der Waals surface area contributed by atoms with Crippen molar-refractivity contribution in [2.24, 2.45) is 7.05 Å². The second kappa shape index (κ2) is 7.97. The number of benzene rings is 2. The van der Waals surface area contributed by atoms with E-state index >= 15 is 0 Å². The lowest BCUT2D eigenvalue weighted by molar-refractivity contribution is -0.0135. The number of aromatic nitrogens is 2. The molecule has 3 aromatic rings. The summed E-state index contributed by atoms with van der Waals surface area (Å²) in [4.78, 5) is 19.6. The summed E-state index contributed by atoms with van der Waals surface area (Å²) in [7, 11) is 4.05. The van der Waals surface area contributed by atoms with Crippen LogP contribution in [0.15, 0.2) is 48.5 Å². The molecule has 0 saturated carbocycles. The van der Waals surface area contributed by atoms with Gasteiger partial charge in [-0.1, -0.05) is 30.3 Å². The summed E-state index contributed by atoms with van der Waals surface area (Å²) in [5, 5.41) is 13.6. The molecule has 0 unspecified atom stereocenters. The number of imidazole rings is 1. The third-order valence-electron chi connectivity index (χ3n) is 5.94. The monoisotopic (exact) mass is 392 g/mol. The average molecular weight is 393 g/mol. The Labute approximate surface area is 171 Å². The summed E-state index contributed by atoms with van der Waals surface area (Å²) < 4.78 is 2.07. The number of nitrogens with one attached hydrogen (secondary N) is 1. The highest BCUT2D eigenvalue weighted by atomic mass is 16.3. The van der Waals surface area contributed by atoms with Gasteiger partial charge in [-0.15, -0.1) is 0 Å². The van der Waals surface area contributed by atoms with Gasteiger partial charge in [0.1, 0.15) is 5.82 Å². The van der Waals surface area contributed by atoms with Crippen LogP contribution in [0.5, 0.6) is 0 Å². The Balaban J connectivity index is 1.47. The first-order valence-electron chi connectivity index (χ1n) is 10.1. The summed E-state index contributed by atoms with van der Waals surface area (Å²) in [6.45, 7) is 1.96. The minimum absolute atomic E-state index is 0.172. The molecule has 29 heavy (non-hydrogen) atoms. The van der Waals surface area contributed by atoms with E-state index in [1.165, 1.54) is 5.56 Å². The number of likely N-dealkylation sites (tertiary alicyclic amines) is 1. The standard InChI is InChI=1S/C23H28N4O2/c1-26-12-10-23(29,11-13-26)16-24-22(28)18-8-9-20-19(15-18)25-21(27(20)2)14-17-6-4-3-5-7-17/h3-9,15,29H,10-14,16H2,1-2H3,(H,24,28). The van der Waals surface area contributed by atoms with Crippen LogP contribution >= 0.6 is 0 Å². The molecule has 6 nitrogen and oxygen atoms in total. The van der Waals surface area contributed by atoms with Crippen molar-refractivity contribution in [3.05, 3.63) is 65.5 Å².